The van der Waals surface area contributed by atoms with E-state index in [0.29, 0.717) is 17.7 Å². The molecule has 126 valence electrons. The summed E-state index contributed by atoms with van der Waals surface area (Å²) in [4.78, 5) is 19.4. The van der Waals surface area contributed by atoms with Crippen molar-refractivity contribution in [2.75, 3.05) is 0 Å². The molecule has 0 atom stereocenters. The zero-order valence-corrected chi connectivity index (χ0v) is 13.8. The van der Waals surface area contributed by atoms with E-state index < -0.39 is 0 Å². The molecule has 0 saturated carbocycles. The number of aryl methyl sites for hydroxylation is 2. The van der Waals surface area contributed by atoms with E-state index in [0.717, 1.165) is 22.5 Å². The maximum atomic E-state index is 13.1. The average molecular weight is 337 g/mol. The molecule has 4 rings (SSSR count). The van der Waals surface area contributed by atoms with Gasteiger partial charge in [0.05, 0.1) is 17.8 Å². The number of H-pyrrole nitrogens is 1. The van der Waals surface area contributed by atoms with Crippen molar-refractivity contribution < 1.29 is 4.39 Å². The van der Waals surface area contributed by atoms with Crippen molar-refractivity contribution in [3.63, 3.8) is 0 Å². The zero-order valence-electron chi connectivity index (χ0n) is 13.8. The number of fused-ring (bicyclic) bond motifs is 1. The Bertz CT molecular complexity index is 1100. The average Bonchev–Trinajstić information content (AvgIpc) is 3.07. The van der Waals surface area contributed by atoms with Gasteiger partial charge in [-0.1, -0.05) is 12.1 Å². The van der Waals surface area contributed by atoms with Gasteiger partial charge in [0, 0.05) is 24.5 Å². The van der Waals surface area contributed by atoms with E-state index in [1.807, 2.05) is 26.1 Å². The standard InChI is InChI=1S/C18H16FN5O/c1-11-7-15(22-23(11)2)10-24-16-8-13(9-20-17(16)21-18(24)25)12-3-5-14(19)6-4-12/h3-9H,10H2,1-2H3,(H,20,21,25). The molecule has 0 unspecified atom stereocenters. The lowest BCUT2D eigenvalue weighted by Gasteiger charge is -2.04. The van der Waals surface area contributed by atoms with Gasteiger partial charge in [-0.05, 0) is 36.8 Å². The van der Waals surface area contributed by atoms with Gasteiger partial charge in [-0.3, -0.25) is 14.2 Å². The maximum Gasteiger partial charge on any atom is 0.328 e. The van der Waals surface area contributed by atoms with Crippen molar-refractivity contribution in [1.82, 2.24) is 24.3 Å². The molecule has 0 aliphatic rings. The molecular formula is C18H16FN5O. The van der Waals surface area contributed by atoms with Gasteiger partial charge in [0.1, 0.15) is 5.82 Å². The normalized spacial score (nSPS) is 11.3. The second kappa shape index (κ2) is 5.70. The maximum absolute atomic E-state index is 13.1. The molecule has 0 amide bonds. The van der Waals surface area contributed by atoms with Crippen molar-refractivity contribution >= 4 is 11.2 Å². The first-order chi connectivity index (χ1) is 12.0. The highest BCUT2D eigenvalue weighted by Crippen LogP contribution is 2.22. The van der Waals surface area contributed by atoms with Crippen LogP contribution in [0.5, 0.6) is 0 Å². The number of pyridine rings is 1. The lowest BCUT2D eigenvalue weighted by Crippen LogP contribution is -2.17. The molecule has 0 aliphatic heterocycles. The van der Waals surface area contributed by atoms with Gasteiger partial charge in [-0.2, -0.15) is 5.10 Å². The molecule has 0 aliphatic carbocycles. The second-order valence-corrected chi connectivity index (χ2v) is 6.02. The third-order valence-electron chi connectivity index (χ3n) is 4.29. The molecule has 1 aromatic carbocycles. The number of nitrogens with one attached hydrogen (secondary N) is 1. The van der Waals surface area contributed by atoms with E-state index in [1.165, 1.54) is 12.1 Å². The van der Waals surface area contributed by atoms with Gasteiger partial charge in [0.25, 0.3) is 0 Å². The molecule has 0 saturated heterocycles. The summed E-state index contributed by atoms with van der Waals surface area (Å²) in [6.07, 6.45) is 1.67. The molecule has 0 bridgehead atoms. The van der Waals surface area contributed by atoms with Crippen LogP contribution in [0.25, 0.3) is 22.3 Å². The summed E-state index contributed by atoms with van der Waals surface area (Å²) in [5.74, 6) is -0.290. The van der Waals surface area contributed by atoms with Crippen LogP contribution >= 0.6 is 0 Å². The highest BCUT2D eigenvalue weighted by Gasteiger charge is 2.12. The van der Waals surface area contributed by atoms with Crippen LogP contribution in [0.3, 0.4) is 0 Å². The number of hydrogen-bond acceptors (Lipinski definition) is 3. The molecule has 0 fully saturated rings. The fraction of sp³-hybridized carbons (Fsp3) is 0.167. The van der Waals surface area contributed by atoms with Gasteiger partial charge in [0.2, 0.25) is 0 Å². The number of nitrogens with zero attached hydrogens (tertiary/aromatic N) is 4. The number of hydrogen-bond donors (Lipinski definition) is 1. The monoisotopic (exact) mass is 337 g/mol. The summed E-state index contributed by atoms with van der Waals surface area (Å²) in [6, 6.07) is 10.0. The van der Waals surface area contributed by atoms with Crippen LogP contribution in [0.1, 0.15) is 11.4 Å². The summed E-state index contributed by atoms with van der Waals surface area (Å²) in [7, 11) is 1.87. The molecular weight excluding hydrogens is 321 g/mol. The molecule has 6 nitrogen and oxygen atoms in total. The summed E-state index contributed by atoms with van der Waals surface area (Å²) in [5, 5.41) is 4.40. The lowest BCUT2D eigenvalue weighted by molar-refractivity contribution is 0.628. The number of aromatic nitrogens is 5. The van der Waals surface area contributed by atoms with E-state index in [9.17, 15) is 9.18 Å². The number of imidazole rings is 1. The van der Waals surface area contributed by atoms with Crippen LogP contribution in [0, 0.1) is 12.7 Å². The Morgan fingerprint density at radius 3 is 2.60 bits per heavy atom. The Hall–Kier alpha value is -3.22. The predicted octanol–water partition coefficient (Wildman–Crippen LogP) is 2.62. The molecule has 3 aromatic heterocycles. The molecule has 0 spiro atoms. The Morgan fingerprint density at radius 1 is 1.16 bits per heavy atom. The number of benzene rings is 1. The van der Waals surface area contributed by atoms with Crippen LogP contribution < -0.4 is 5.69 Å². The third kappa shape index (κ3) is 2.73. The Morgan fingerprint density at radius 2 is 1.92 bits per heavy atom. The van der Waals surface area contributed by atoms with Crippen LogP contribution in [-0.2, 0) is 13.6 Å². The molecule has 0 radical (unpaired) electrons. The quantitative estimate of drug-likeness (QED) is 0.625. The van der Waals surface area contributed by atoms with Crippen LogP contribution in [0.2, 0.25) is 0 Å². The van der Waals surface area contributed by atoms with E-state index in [4.69, 9.17) is 0 Å². The molecule has 4 aromatic rings. The van der Waals surface area contributed by atoms with Crippen LogP contribution in [0.4, 0.5) is 4.39 Å². The first-order valence-corrected chi connectivity index (χ1v) is 7.85. The number of halogens is 1. The summed E-state index contributed by atoms with van der Waals surface area (Å²) >= 11 is 0. The fourth-order valence-corrected chi connectivity index (χ4v) is 2.86. The first-order valence-electron chi connectivity index (χ1n) is 7.85. The Labute approximate surface area is 142 Å². The number of aromatic amines is 1. The minimum Gasteiger partial charge on any atom is -0.290 e. The summed E-state index contributed by atoms with van der Waals surface area (Å²) in [6.45, 7) is 2.32. The minimum absolute atomic E-state index is 0.234. The first kappa shape index (κ1) is 15.3. The topological polar surface area (TPSA) is 68.5 Å². The smallest absolute Gasteiger partial charge is 0.290 e. The molecule has 3 heterocycles. The van der Waals surface area contributed by atoms with E-state index in [-0.39, 0.29) is 11.5 Å². The lowest BCUT2D eigenvalue weighted by atomic mass is 10.1. The molecule has 1 N–H and O–H groups in total. The highest BCUT2D eigenvalue weighted by molar-refractivity contribution is 5.78. The zero-order chi connectivity index (χ0) is 17.6. The van der Waals surface area contributed by atoms with Gasteiger partial charge in [0.15, 0.2) is 5.65 Å². The number of rotatable bonds is 3. The van der Waals surface area contributed by atoms with Crippen LogP contribution in [0.15, 0.2) is 47.4 Å². The van der Waals surface area contributed by atoms with Gasteiger partial charge >= 0.3 is 5.69 Å². The fourth-order valence-electron chi connectivity index (χ4n) is 2.86. The van der Waals surface area contributed by atoms with Gasteiger partial charge in [-0.15, -0.1) is 0 Å². The largest absolute Gasteiger partial charge is 0.328 e. The highest BCUT2D eigenvalue weighted by atomic mass is 19.1. The van der Waals surface area contributed by atoms with Crippen LogP contribution in [-0.4, -0.2) is 24.3 Å². The van der Waals surface area contributed by atoms with Crippen molar-refractivity contribution in [2.24, 2.45) is 7.05 Å². The van der Waals surface area contributed by atoms with Gasteiger partial charge < -0.3 is 0 Å². The van der Waals surface area contributed by atoms with Crippen molar-refractivity contribution in [3.05, 3.63) is 70.3 Å². The predicted molar refractivity (Wildman–Crippen MR) is 92.8 cm³/mol. The molecule has 25 heavy (non-hydrogen) atoms. The second-order valence-electron chi connectivity index (χ2n) is 6.02. The van der Waals surface area contributed by atoms with Crippen molar-refractivity contribution in [2.45, 2.75) is 13.5 Å². The summed E-state index contributed by atoms with van der Waals surface area (Å²) in [5.41, 5.74) is 4.45. The summed E-state index contributed by atoms with van der Waals surface area (Å²) < 4.78 is 16.5. The van der Waals surface area contributed by atoms with Crippen molar-refractivity contribution in [1.29, 1.82) is 0 Å². The molecule has 7 heteroatoms. The van der Waals surface area contributed by atoms with E-state index in [1.54, 1.807) is 27.6 Å². The third-order valence-corrected chi connectivity index (χ3v) is 4.29. The van der Waals surface area contributed by atoms with Gasteiger partial charge in [-0.25, -0.2) is 14.2 Å². The Balaban J connectivity index is 1.81. The SMILES string of the molecule is Cc1cc(Cn2c(=O)[nH]c3ncc(-c4ccc(F)cc4)cc32)nn1C. The minimum atomic E-state index is -0.290. The van der Waals surface area contributed by atoms with E-state index >= 15 is 0 Å². The van der Waals surface area contributed by atoms with Crippen molar-refractivity contribution in [3.8, 4) is 11.1 Å². The van der Waals surface area contributed by atoms with E-state index in [2.05, 4.69) is 15.1 Å². The Kier molecular flexibility index (Phi) is 3.49.